The van der Waals surface area contributed by atoms with E-state index < -0.39 is 0 Å². The van der Waals surface area contributed by atoms with Crippen LogP contribution in [0.25, 0.3) is 0 Å². The molecular formula is C13H24N2O2. The summed E-state index contributed by atoms with van der Waals surface area (Å²) >= 11 is 0. The minimum absolute atomic E-state index is 0.169. The number of hydrogen-bond acceptors (Lipinski definition) is 4. The summed E-state index contributed by atoms with van der Waals surface area (Å²) in [5, 5.41) is 22.4. The van der Waals surface area contributed by atoms with Gasteiger partial charge in [-0.2, -0.15) is 0 Å². The summed E-state index contributed by atoms with van der Waals surface area (Å²) in [5.74, 6) is 0.309. The van der Waals surface area contributed by atoms with E-state index in [1.807, 2.05) is 0 Å². The summed E-state index contributed by atoms with van der Waals surface area (Å²) in [4.78, 5) is 2.40. The average molecular weight is 240 g/mol. The molecule has 4 heteroatoms. The fourth-order valence-corrected chi connectivity index (χ4v) is 3.20. The molecule has 2 rings (SSSR count). The quantitative estimate of drug-likeness (QED) is 0.418. The van der Waals surface area contributed by atoms with Crippen molar-refractivity contribution >= 4 is 5.71 Å². The molecular weight excluding hydrogens is 216 g/mol. The molecule has 17 heavy (non-hydrogen) atoms. The van der Waals surface area contributed by atoms with Gasteiger partial charge in [0.2, 0.25) is 0 Å². The Labute approximate surface area is 103 Å². The zero-order valence-corrected chi connectivity index (χ0v) is 10.7. The van der Waals surface area contributed by atoms with Gasteiger partial charge in [-0.25, -0.2) is 0 Å². The molecule has 0 bridgehead atoms. The number of aliphatic hydroxyl groups excluding tert-OH is 1. The number of rotatable bonds is 1. The highest BCUT2D eigenvalue weighted by molar-refractivity contribution is 5.87. The molecule has 0 aromatic carbocycles. The van der Waals surface area contributed by atoms with Crippen LogP contribution in [0.4, 0.5) is 0 Å². The van der Waals surface area contributed by atoms with Gasteiger partial charge in [0.05, 0.1) is 11.8 Å². The molecule has 1 heterocycles. The maximum atomic E-state index is 10.2. The monoisotopic (exact) mass is 240 g/mol. The average Bonchev–Trinajstić information content (AvgIpc) is 2.54. The summed E-state index contributed by atoms with van der Waals surface area (Å²) in [6.45, 7) is 3.94. The molecule has 4 nitrogen and oxygen atoms in total. The number of oxime groups is 1. The van der Waals surface area contributed by atoms with Crippen LogP contribution in [0.2, 0.25) is 0 Å². The van der Waals surface area contributed by atoms with Gasteiger partial charge in [-0.3, -0.25) is 4.90 Å². The number of hydrogen-bond donors (Lipinski definition) is 2. The van der Waals surface area contributed by atoms with Gasteiger partial charge in [-0.1, -0.05) is 31.3 Å². The summed E-state index contributed by atoms with van der Waals surface area (Å²) in [6.07, 6.45) is 6.35. The predicted molar refractivity (Wildman–Crippen MR) is 67.5 cm³/mol. The van der Waals surface area contributed by atoms with E-state index >= 15 is 0 Å². The second-order valence-electron chi connectivity index (χ2n) is 5.51. The molecule has 3 unspecified atom stereocenters. The van der Waals surface area contributed by atoms with Crippen LogP contribution in [-0.2, 0) is 0 Å². The summed E-state index contributed by atoms with van der Waals surface area (Å²) in [7, 11) is 0. The first kappa shape index (κ1) is 12.8. The van der Waals surface area contributed by atoms with Crippen molar-refractivity contribution in [1.29, 1.82) is 0 Å². The van der Waals surface area contributed by atoms with Gasteiger partial charge < -0.3 is 10.3 Å². The SMILES string of the molecule is CC1CN(C2CCCCCC2O)CCC1=NO. The Hall–Kier alpha value is -0.610. The second kappa shape index (κ2) is 5.83. The van der Waals surface area contributed by atoms with Crippen LogP contribution in [0.5, 0.6) is 0 Å². The van der Waals surface area contributed by atoms with Crippen molar-refractivity contribution in [1.82, 2.24) is 4.90 Å². The van der Waals surface area contributed by atoms with Crippen molar-refractivity contribution in [3.63, 3.8) is 0 Å². The van der Waals surface area contributed by atoms with Crippen molar-refractivity contribution < 1.29 is 10.3 Å². The maximum Gasteiger partial charge on any atom is 0.0695 e. The van der Waals surface area contributed by atoms with E-state index in [0.717, 1.165) is 44.5 Å². The third-order valence-electron chi connectivity index (χ3n) is 4.27. The third-order valence-corrected chi connectivity index (χ3v) is 4.27. The fraction of sp³-hybridized carbons (Fsp3) is 0.923. The van der Waals surface area contributed by atoms with Crippen LogP contribution in [0.3, 0.4) is 0 Å². The summed E-state index contributed by atoms with van der Waals surface area (Å²) in [5.41, 5.74) is 0.907. The van der Waals surface area contributed by atoms with Crippen LogP contribution >= 0.6 is 0 Å². The summed E-state index contributed by atoms with van der Waals surface area (Å²) in [6, 6.07) is 0.320. The van der Waals surface area contributed by atoms with E-state index in [1.54, 1.807) is 0 Å². The van der Waals surface area contributed by atoms with Gasteiger partial charge in [0.15, 0.2) is 0 Å². The van der Waals surface area contributed by atoms with Crippen molar-refractivity contribution in [2.75, 3.05) is 13.1 Å². The highest BCUT2D eigenvalue weighted by Gasteiger charge is 2.32. The molecule has 1 saturated heterocycles. The molecule has 0 aromatic rings. The normalized spacial score (nSPS) is 39.2. The van der Waals surface area contributed by atoms with Gasteiger partial charge in [0.25, 0.3) is 0 Å². The van der Waals surface area contributed by atoms with Crippen molar-refractivity contribution in [2.24, 2.45) is 11.1 Å². The van der Waals surface area contributed by atoms with Gasteiger partial charge in [-0.15, -0.1) is 0 Å². The molecule has 98 valence electrons. The molecule has 1 aliphatic carbocycles. The van der Waals surface area contributed by atoms with E-state index in [2.05, 4.69) is 17.0 Å². The lowest BCUT2D eigenvalue weighted by Gasteiger charge is -2.39. The predicted octanol–water partition coefficient (Wildman–Crippen LogP) is 1.85. The Morgan fingerprint density at radius 3 is 2.71 bits per heavy atom. The molecule has 1 aliphatic heterocycles. The lowest BCUT2D eigenvalue weighted by Crippen LogP contribution is -2.49. The maximum absolute atomic E-state index is 10.2. The highest BCUT2D eigenvalue weighted by Crippen LogP contribution is 2.26. The molecule has 0 aromatic heterocycles. The highest BCUT2D eigenvalue weighted by atomic mass is 16.4. The first-order valence-electron chi connectivity index (χ1n) is 6.85. The minimum Gasteiger partial charge on any atom is -0.411 e. The van der Waals surface area contributed by atoms with Crippen molar-refractivity contribution in [3.8, 4) is 0 Å². The fourth-order valence-electron chi connectivity index (χ4n) is 3.20. The number of likely N-dealkylation sites (tertiary alicyclic amines) is 1. The van der Waals surface area contributed by atoms with E-state index in [9.17, 15) is 5.11 Å². The Morgan fingerprint density at radius 2 is 2.00 bits per heavy atom. The Morgan fingerprint density at radius 1 is 1.24 bits per heavy atom. The molecule has 2 aliphatic rings. The Balaban J connectivity index is 1.97. The number of aliphatic hydroxyl groups is 1. The van der Waals surface area contributed by atoms with E-state index in [0.29, 0.717) is 12.0 Å². The van der Waals surface area contributed by atoms with Crippen LogP contribution in [0.15, 0.2) is 5.16 Å². The van der Waals surface area contributed by atoms with Crippen molar-refractivity contribution in [3.05, 3.63) is 0 Å². The molecule has 3 atom stereocenters. The van der Waals surface area contributed by atoms with Crippen LogP contribution in [0, 0.1) is 5.92 Å². The molecule has 0 amide bonds. The Bertz CT molecular complexity index is 281. The van der Waals surface area contributed by atoms with Gasteiger partial charge in [0, 0.05) is 31.5 Å². The smallest absolute Gasteiger partial charge is 0.0695 e. The van der Waals surface area contributed by atoms with Crippen LogP contribution in [0.1, 0.15) is 45.4 Å². The zero-order valence-electron chi connectivity index (χ0n) is 10.7. The lowest BCUT2D eigenvalue weighted by molar-refractivity contribution is 0.0371. The summed E-state index contributed by atoms with van der Waals surface area (Å²) < 4.78 is 0. The van der Waals surface area contributed by atoms with Crippen LogP contribution < -0.4 is 0 Å². The first-order valence-corrected chi connectivity index (χ1v) is 6.85. The molecule has 1 saturated carbocycles. The largest absolute Gasteiger partial charge is 0.411 e. The van der Waals surface area contributed by atoms with Crippen LogP contribution in [-0.4, -0.2) is 46.2 Å². The van der Waals surface area contributed by atoms with E-state index in [4.69, 9.17) is 5.21 Å². The zero-order chi connectivity index (χ0) is 12.3. The van der Waals surface area contributed by atoms with E-state index in [-0.39, 0.29) is 6.10 Å². The standard InChI is InChI=1S/C13H24N2O2/c1-10-9-15(8-7-11(10)14-17)12-5-3-2-4-6-13(12)16/h10,12-13,16-17H,2-9H2,1H3. The topological polar surface area (TPSA) is 56.1 Å². The van der Waals surface area contributed by atoms with Gasteiger partial charge in [-0.05, 0) is 12.8 Å². The van der Waals surface area contributed by atoms with Gasteiger partial charge >= 0.3 is 0 Å². The molecule has 2 fully saturated rings. The molecule has 0 radical (unpaired) electrons. The van der Waals surface area contributed by atoms with E-state index in [1.165, 1.54) is 12.8 Å². The first-order chi connectivity index (χ1) is 8.22. The minimum atomic E-state index is -0.169. The third kappa shape index (κ3) is 2.99. The second-order valence-corrected chi connectivity index (χ2v) is 5.51. The number of nitrogens with zero attached hydrogens (tertiary/aromatic N) is 2. The molecule has 0 spiro atoms. The van der Waals surface area contributed by atoms with Gasteiger partial charge in [0.1, 0.15) is 0 Å². The lowest BCUT2D eigenvalue weighted by atomic mass is 9.93. The number of piperidine rings is 1. The molecule has 2 N–H and O–H groups in total. The van der Waals surface area contributed by atoms with Crippen molar-refractivity contribution in [2.45, 2.75) is 57.6 Å². The Kier molecular flexibility index (Phi) is 4.40.